The molecule has 0 bridgehead atoms. The minimum Gasteiger partial charge on any atom is -0.396 e. The van der Waals surface area contributed by atoms with Crippen LogP contribution in [0.25, 0.3) is 0 Å². The molecule has 0 unspecified atom stereocenters. The molecule has 5 N–H and O–H groups in total. The highest BCUT2D eigenvalue weighted by atomic mass is 16.5. The Balaban J connectivity index is 3.68. The number of hydrogen-bond donors (Lipinski definition) is 4. The summed E-state index contributed by atoms with van der Waals surface area (Å²) in [5.41, 5.74) is 4.33. The molecule has 0 heterocycles. The SMILES string of the molecule is NCCCOCC(CO)(CO)CO. The summed E-state index contributed by atoms with van der Waals surface area (Å²) in [4.78, 5) is 0. The average Bonchev–Trinajstić information content (AvgIpc) is 2.20. The van der Waals surface area contributed by atoms with Gasteiger partial charge in [-0.1, -0.05) is 0 Å². The second kappa shape index (κ2) is 7.23. The van der Waals surface area contributed by atoms with E-state index in [1.165, 1.54) is 0 Å². The van der Waals surface area contributed by atoms with Gasteiger partial charge in [-0.15, -0.1) is 0 Å². The fourth-order valence-corrected chi connectivity index (χ4v) is 0.761. The molecule has 0 spiro atoms. The van der Waals surface area contributed by atoms with Crippen LogP contribution in [0.2, 0.25) is 0 Å². The first-order chi connectivity index (χ1) is 6.24. The van der Waals surface area contributed by atoms with E-state index in [9.17, 15) is 0 Å². The smallest absolute Gasteiger partial charge is 0.0629 e. The zero-order valence-electron chi connectivity index (χ0n) is 7.78. The molecule has 0 radical (unpaired) electrons. The van der Waals surface area contributed by atoms with Crippen LogP contribution in [0.15, 0.2) is 0 Å². The van der Waals surface area contributed by atoms with Gasteiger partial charge in [0.05, 0.1) is 31.8 Å². The Hall–Kier alpha value is -0.200. The summed E-state index contributed by atoms with van der Waals surface area (Å²) in [7, 11) is 0. The van der Waals surface area contributed by atoms with E-state index < -0.39 is 5.41 Å². The van der Waals surface area contributed by atoms with Crippen LogP contribution in [-0.2, 0) is 4.74 Å². The zero-order valence-corrected chi connectivity index (χ0v) is 7.78. The van der Waals surface area contributed by atoms with Crippen LogP contribution in [0, 0.1) is 5.41 Å². The molecule has 0 amide bonds. The Labute approximate surface area is 78.1 Å². The summed E-state index contributed by atoms with van der Waals surface area (Å²) in [6, 6.07) is 0. The van der Waals surface area contributed by atoms with Gasteiger partial charge in [-0.25, -0.2) is 0 Å². The fraction of sp³-hybridized carbons (Fsp3) is 1.00. The van der Waals surface area contributed by atoms with Crippen molar-refractivity contribution in [3.63, 3.8) is 0 Å². The second-order valence-electron chi connectivity index (χ2n) is 3.17. The third kappa shape index (κ3) is 4.54. The minimum atomic E-state index is -0.922. The summed E-state index contributed by atoms with van der Waals surface area (Å²) in [6.07, 6.45) is 0.734. The van der Waals surface area contributed by atoms with Crippen LogP contribution in [-0.4, -0.2) is 54.9 Å². The van der Waals surface area contributed by atoms with E-state index in [0.717, 1.165) is 6.42 Å². The number of ether oxygens (including phenoxy) is 1. The minimum absolute atomic E-state index is 0.149. The van der Waals surface area contributed by atoms with Crippen molar-refractivity contribution in [2.75, 3.05) is 39.6 Å². The molecule has 0 aliphatic heterocycles. The van der Waals surface area contributed by atoms with Crippen molar-refractivity contribution in [3.8, 4) is 0 Å². The summed E-state index contributed by atoms with van der Waals surface area (Å²) >= 11 is 0. The summed E-state index contributed by atoms with van der Waals surface area (Å²) in [6.45, 7) is 0.312. The van der Waals surface area contributed by atoms with Crippen LogP contribution in [0.3, 0.4) is 0 Å². The lowest BCUT2D eigenvalue weighted by Crippen LogP contribution is -2.38. The molecule has 80 valence electrons. The van der Waals surface area contributed by atoms with Crippen molar-refractivity contribution in [1.29, 1.82) is 0 Å². The predicted octanol–water partition coefficient (Wildman–Crippen LogP) is -1.68. The molecule has 0 fully saturated rings. The Kier molecular flexibility index (Phi) is 7.12. The summed E-state index contributed by atoms with van der Waals surface area (Å²) in [5.74, 6) is 0. The van der Waals surface area contributed by atoms with E-state index in [0.29, 0.717) is 13.2 Å². The number of aliphatic hydroxyl groups excluding tert-OH is 3. The van der Waals surface area contributed by atoms with Gasteiger partial charge in [0.2, 0.25) is 0 Å². The number of aliphatic hydroxyl groups is 3. The van der Waals surface area contributed by atoms with Gasteiger partial charge >= 0.3 is 0 Å². The third-order valence-corrected chi connectivity index (χ3v) is 1.91. The van der Waals surface area contributed by atoms with E-state index in [-0.39, 0.29) is 26.4 Å². The van der Waals surface area contributed by atoms with Gasteiger partial charge in [-0.3, -0.25) is 0 Å². The maximum Gasteiger partial charge on any atom is 0.0629 e. The maximum atomic E-state index is 8.91. The molecule has 0 rings (SSSR count). The molecule has 0 aliphatic rings. The van der Waals surface area contributed by atoms with E-state index >= 15 is 0 Å². The van der Waals surface area contributed by atoms with Gasteiger partial charge in [0, 0.05) is 6.61 Å². The van der Waals surface area contributed by atoms with Crippen molar-refractivity contribution in [2.24, 2.45) is 11.1 Å². The first-order valence-corrected chi connectivity index (χ1v) is 4.35. The van der Waals surface area contributed by atoms with E-state index in [4.69, 9.17) is 25.8 Å². The zero-order chi connectivity index (χ0) is 10.2. The van der Waals surface area contributed by atoms with Crippen molar-refractivity contribution in [2.45, 2.75) is 6.42 Å². The fourth-order valence-electron chi connectivity index (χ4n) is 0.761. The van der Waals surface area contributed by atoms with Crippen LogP contribution in [0.1, 0.15) is 6.42 Å². The largest absolute Gasteiger partial charge is 0.396 e. The Morgan fingerprint density at radius 1 is 1.08 bits per heavy atom. The molecule has 5 heteroatoms. The third-order valence-electron chi connectivity index (χ3n) is 1.91. The molecular formula is C8H19NO4. The molecular weight excluding hydrogens is 174 g/mol. The Bertz CT molecular complexity index is 108. The predicted molar refractivity (Wildman–Crippen MR) is 48.2 cm³/mol. The Morgan fingerprint density at radius 3 is 2.00 bits per heavy atom. The van der Waals surface area contributed by atoms with E-state index in [1.807, 2.05) is 0 Å². The van der Waals surface area contributed by atoms with Gasteiger partial charge in [-0.2, -0.15) is 0 Å². The van der Waals surface area contributed by atoms with Crippen LogP contribution < -0.4 is 5.73 Å². The molecule has 0 aromatic heterocycles. The highest BCUT2D eigenvalue weighted by Gasteiger charge is 2.28. The van der Waals surface area contributed by atoms with Gasteiger partial charge in [-0.05, 0) is 13.0 Å². The van der Waals surface area contributed by atoms with Crippen molar-refractivity contribution < 1.29 is 20.1 Å². The first kappa shape index (κ1) is 12.8. The average molecular weight is 193 g/mol. The van der Waals surface area contributed by atoms with Crippen LogP contribution in [0.4, 0.5) is 0 Å². The molecule has 0 aliphatic carbocycles. The van der Waals surface area contributed by atoms with Gasteiger partial charge in [0.1, 0.15) is 0 Å². The van der Waals surface area contributed by atoms with E-state index in [1.54, 1.807) is 0 Å². The molecule has 0 aromatic rings. The van der Waals surface area contributed by atoms with E-state index in [2.05, 4.69) is 0 Å². The highest BCUT2D eigenvalue weighted by molar-refractivity contribution is 4.76. The topological polar surface area (TPSA) is 95.9 Å². The Morgan fingerprint density at radius 2 is 1.62 bits per heavy atom. The lowest BCUT2D eigenvalue weighted by Gasteiger charge is -2.26. The molecule has 0 aromatic carbocycles. The normalized spacial score (nSPS) is 12.0. The quantitative estimate of drug-likeness (QED) is 0.345. The monoisotopic (exact) mass is 193 g/mol. The number of nitrogens with two attached hydrogens (primary N) is 1. The molecule has 5 nitrogen and oxygen atoms in total. The lowest BCUT2D eigenvalue weighted by molar-refractivity contribution is -0.0577. The van der Waals surface area contributed by atoms with Crippen LogP contribution in [0.5, 0.6) is 0 Å². The van der Waals surface area contributed by atoms with Crippen molar-refractivity contribution in [3.05, 3.63) is 0 Å². The molecule has 0 saturated carbocycles. The maximum absolute atomic E-state index is 8.91. The molecule has 13 heavy (non-hydrogen) atoms. The van der Waals surface area contributed by atoms with Crippen molar-refractivity contribution >= 4 is 0 Å². The number of hydrogen-bond acceptors (Lipinski definition) is 5. The van der Waals surface area contributed by atoms with Gasteiger partial charge in [0.25, 0.3) is 0 Å². The number of rotatable bonds is 8. The highest BCUT2D eigenvalue weighted by Crippen LogP contribution is 2.14. The standard InChI is InChI=1S/C8H19NO4/c9-2-1-3-13-7-8(4-10,5-11)6-12/h10-12H,1-7,9H2. The molecule has 0 atom stereocenters. The summed E-state index contributed by atoms with van der Waals surface area (Å²) < 4.78 is 5.15. The lowest BCUT2D eigenvalue weighted by atomic mass is 9.93. The van der Waals surface area contributed by atoms with Gasteiger partial charge in [0.15, 0.2) is 0 Å². The molecule has 0 saturated heterocycles. The second-order valence-corrected chi connectivity index (χ2v) is 3.17. The first-order valence-electron chi connectivity index (χ1n) is 4.35. The van der Waals surface area contributed by atoms with Crippen LogP contribution >= 0.6 is 0 Å². The summed E-state index contributed by atoms with van der Waals surface area (Å²) in [5, 5.41) is 26.7. The van der Waals surface area contributed by atoms with Gasteiger partial charge < -0.3 is 25.8 Å². The van der Waals surface area contributed by atoms with Crippen molar-refractivity contribution in [1.82, 2.24) is 0 Å².